The molecule has 0 aromatic carbocycles. The lowest BCUT2D eigenvalue weighted by molar-refractivity contribution is 0.792. The molecule has 1 rings (SSSR count). The summed E-state index contributed by atoms with van der Waals surface area (Å²) < 4.78 is 0. The molecule has 0 bridgehead atoms. The number of rotatable bonds is 3. The van der Waals surface area contributed by atoms with Gasteiger partial charge in [-0.3, -0.25) is 0 Å². The molecule has 62 valence electrons. The third-order valence-corrected chi connectivity index (χ3v) is 2.58. The minimum absolute atomic E-state index is 1.20. The van der Waals surface area contributed by atoms with E-state index in [1.807, 2.05) is 0 Å². The highest BCUT2D eigenvalue weighted by molar-refractivity contribution is 5.39. The first kappa shape index (κ1) is 8.58. The van der Waals surface area contributed by atoms with Crippen molar-refractivity contribution in [2.24, 2.45) is 0 Å². The number of unbranched alkanes of at least 4 members (excludes halogenated alkanes) is 1. The summed E-state index contributed by atoms with van der Waals surface area (Å²) in [6, 6.07) is 0. The van der Waals surface area contributed by atoms with Crippen LogP contribution < -0.4 is 0 Å². The second-order valence-corrected chi connectivity index (χ2v) is 3.44. The molecule has 0 N–H and O–H groups in total. The lowest BCUT2D eigenvalue weighted by Gasteiger charge is -2.02. The highest BCUT2D eigenvalue weighted by Crippen LogP contribution is 2.28. The van der Waals surface area contributed by atoms with E-state index in [2.05, 4.69) is 26.8 Å². The summed E-state index contributed by atoms with van der Waals surface area (Å²) in [5.41, 5.74) is 4.72. The van der Waals surface area contributed by atoms with Crippen molar-refractivity contribution in [3.05, 3.63) is 22.8 Å². The van der Waals surface area contributed by atoms with Gasteiger partial charge in [0.25, 0.3) is 0 Å². The number of allylic oxidation sites excluding steroid dienone is 4. The average Bonchev–Trinajstić information content (AvgIpc) is 2.31. The van der Waals surface area contributed by atoms with Crippen molar-refractivity contribution in [3.8, 4) is 0 Å². The summed E-state index contributed by atoms with van der Waals surface area (Å²) in [5.74, 6) is 0. The molecule has 0 saturated heterocycles. The maximum Gasteiger partial charge on any atom is -0.0130 e. The Bertz CT molecular complexity index is 194. The van der Waals surface area contributed by atoms with Crippen LogP contribution in [0.5, 0.6) is 0 Å². The van der Waals surface area contributed by atoms with E-state index in [0.717, 1.165) is 0 Å². The molecule has 0 unspecified atom stereocenters. The van der Waals surface area contributed by atoms with Gasteiger partial charge in [0.1, 0.15) is 0 Å². The van der Waals surface area contributed by atoms with E-state index >= 15 is 0 Å². The Labute approximate surface area is 70.0 Å². The normalized spacial score (nSPS) is 17.5. The Morgan fingerprint density at radius 3 is 2.55 bits per heavy atom. The molecule has 0 aromatic rings. The molecule has 0 nitrogen and oxygen atoms in total. The van der Waals surface area contributed by atoms with Gasteiger partial charge in [-0.25, -0.2) is 0 Å². The summed E-state index contributed by atoms with van der Waals surface area (Å²) in [5, 5.41) is 0. The molecule has 0 atom stereocenters. The molecule has 11 heavy (non-hydrogen) atoms. The van der Waals surface area contributed by atoms with Crippen LogP contribution in [0.25, 0.3) is 0 Å². The average molecular weight is 150 g/mol. The van der Waals surface area contributed by atoms with Gasteiger partial charge in [0, 0.05) is 0 Å². The first-order valence-corrected chi connectivity index (χ1v) is 4.61. The highest BCUT2D eigenvalue weighted by atomic mass is 14.1. The molecule has 1 aliphatic rings. The van der Waals surface area contributed by atoms with Gasteiger partial charge in [0.05, 0.1) is 0 Å². The monoisotopic (exact) mass is 150 g/mol. The van der Waals surface area contributed by atoms with Crippen molar-refractivity contribution < 1.29 is 0 Å². The topological polar surface area (TPSA) is 0 Å². The van der Waals surface area contributed by atoms with Crippen LogP contribution >= 0.6 is 0 Å². The molecule has 0 radical (unpaired) electrons. The van der Waals surface area contributed by atoms with Crippen LogP contribution in [0, 0.1) is 0 Å². The van der Waals surface area contributed by atoms with Crippen molar-refractivity contribution in [1.82, 2.24) is 0 Å². The van der Waals surface area contributed by atoms with Crippen molar-refractivity contribution in [3.63, 3.8) is 0 Å². The molecule has 0 spiro atoms. The second-order valence-electron chi connectivity index (χ2n) is 3.44. The maximum absolute atomic E-state index is 2.39. The fourth-order valence-corrected chi connectivity index (χ4v) is 1.51. The highest BCUT2D eigenvalue weighted by Gasteiger charge is 2.08. The Balaban J connectivity index is 2.48. The molecule has 0 heterocycles. The van der Waals surface area contributed by atoms with Gasteiger partial charge in [-0.2, -0.15) is 0 Å². The quantitative estimate of drug-likeness (QED) is 0.573. The van der Waals surface area contributed by atoms with Crippen LogP contribution in [0.1, 0.15) is 46.5 Å². The standard InChI is InChI=1S/C11H18/c1-4-5-6-11-8-7-9(2)10(11)3/h8H,4-7H2,1-3H3. The zero-order valence-corrected chi connectivity index (χ0v) is 7.91. The van der Waals surface area contributed by atoms with Gasteiger partial charge in [0.15, 0.2) is 0 Å². The van der Waals surface area contributed by atoms with Crippen molar-refractivity contribution in [2.75, 3.05) is 0 Å². The van der Waals surface area contributed by atoms with E-state index in [1.54, 1.807) is 16.7 Å². The van der Waals surface area contributed by atoms with E-state index in [0.29, 0.717) is 0 Å². The zero-order valence-electron chi connectivity index (χ0n) is 7.91. The Morgan fingerprint density at radius 1 is 1.36 bits per heavy atom. The number of hydrogen-bond acceptors (Lipinski definition) is 0. The summed E-state index contributed by atoms with van der Waals surface area (Å²) in [6.45, 7) is 6.75. The third-order valence-electron chi connectivity index (χ3n) is 2.58. The minimum atomic E-state index is 1.20. The minimum Gasteiger partial charge on any atom is -0.0770 e. The predicted octanol–water partition coefficient (Wildman–Crippen LogP) is 3.84. The summed E-state index contributed by atoms with van der Waals surface area (Å²) >= 11 is 0. The second kappa shape index (κ2) is 3.75. The maximum atomic E-state index is 2.39. The van der Waals surface area contributed by atoms with Gasteiger partial charge in [-0.05, 0) is 44.3 Å². The Kier molecular flexibility index (Phi) is 2.92. The van der Waals surface area contributed by atoms with Crippen LogP contribution in [0.2, 0.25) is 0 Å². The first-order valence-electron chi connectivity index (χ1n) is 4.61. The molecule has 0 aromatic heterocycles. The van der Waals surface area contributed by atoms with Crippen LogP contribution in [0.3, 0.4) is 0 Å². The Hall–Kier alpha value is -0.520. The smallest absolute Gasteiger partial charge is 0.0130 e. The van der Waals surface area contributed by atoms with E-state index in [-0.39, 0.29) is 0 Å². The molecule has 0 amide bonds. The summed E-state index contributed by atoms with van der Waals surface area (Å²) in [4.78, 5) is 0. The van der Waals surface area contributed by atoms with E-state index in [1.165, 1.54) is 25.7 Å². The third kappa shape index (κ3) is 1.95. The van der Waals surface area contributed by atoms with Gasteiger partial charge < -0.3 is 0 Å². The SMILES string of the molecule is CCCCC1=CCC(C)=C1C. The fraction of sp³-hybridized carbons (Fsp3) is 0.636. The predicted molar refractivity (Wildman–Crippen MR) is 50.6 cm³/mol. The number of hydrogen-bond donors (Lipinski definition) is 0. The first-order chi connectivity index (χ1) is 5.25. The molecule has 0 saturated carbocycles. The van der Waals surface area contributed by atoms with E-state index < -0.39 is 0 Å². The van der Waals surface area contributed by atoms with Crippen LogP contribution in [-0.4, -0.2) is 0 Å². The molecule has 0 aliphatic heterocycles. The van der Waals surface area contributed by atoms with Gasteiger partial charge in [-0.15, -0.1) is 0 Å². The summed E-state index contributed by atoms with van der Waals surface area (Å²) in [7, 11) is 0. The lowest BCUT2D eigenvalue weighted by atomic mass is 10.0. The van der Waals surface area contributed by atoms with Crippen molar-refractivity contribution >= 4 is 0 Å². The van der Waals surface area contributed by atoms with Crippen molar-refractivity contribution in [1.29, 1.82) is 0 Å². The molecule has 0 heteroatoms. The Morgan fingerprint density at radius 2 is 2.09 bits per heavy atom. The van der Waals surface area contributed by atoms with Gasteiger partial charge in [-0.1, -0.05) is 25.0 Å². The lowest BCUT2D eigenvalue weighted by Crippen LogP contribution is -1.82. The van der Waals surface area contributed by atoms with Gasteiger partial charge >= 0.3 is 0 Å². The molecule has 1 aliphatic carbocycles. The van der Waals surface area contributed by atoms with E-state index in [9.17, 15) is 0 Å². The molecular formula is C11H18. The van der Waals surface area contributed by atoms with Crippen LogP contribution in [0.15, 0.2) is 22.8 Å². The van der Waals surface area contributed by atoms with Crippen LogP contribution in [-0.2, 0) is 0 Å². The van der Waals surface area contributed by atoms with Gasteiger partial charge in [0.2, 0.25) is 0 Å². The van der Waals surface area contributed by atoms with Crippen molar-refractivity contribution in [2.45, 2.75) is 46.5 Å². The summed E-state index contributed by atoms with van der Waals surface area (Å²) in [6.07, 6.45) is 7.53. The molecule has 0 fully saturated rings. The van der Waals surface area contributed by atoms with Crippen LogP contribution in [0.4, 0.5) is 0 Å². The van der Waals surface area contributed by atoms with E-state index in [4.69, 9.17) is 0 Å². The molecular weight excluding hydrogens is 132 g/mol. The largest absolute Gasteiger partial charge is 0.0770 e. The fourth-order valence-electron chi connectivity index (χ4n) is 1.51. The zero-order chi connectivity index (χ0) is 8.27.